The summed E-state index contributed by atoms with van der Waals surface area (Å²) in [5.74, 6) is 0.821. The number of Topliss-reactive ketones (excluding diaryl/α,β-unsaturated/α-hetero) is 1. The van der Waals surface area contributed by atoms with Gasteiger partial charge in [0, 0.05) is 17.9 Å². The minimum absolute atomic E-state index is 0.276. The van der Waals surface area contributed by atoms with Crippen LogP contribution in [0.1, 0.15) is 79.3 Å². The Labute approximate surface area is 244 Å². The number of amides is 1. The Morgan fingerprint density at radius 3 is 2.50 bits per heavy atom. The molecule has 1 aliphatic carbocycles. The number of nitrogens with one attached hydrogen (secondary N) is 2. The second-order valence-corrected chi connectivity index (χ2v) is 11.8. The molecule has 40 heavy (non-hydrogen) atoms. The van der Waals surface area contributed by atoms with Crippen LogP contribution in [0.2, 0.25) is 0 Å². The van der Waals surface area contributed by atoms with E-state index in [0.29, 0.717) is 30.1 Å². The first kappa shape index (κ1) is 31.9. The summed E-state index contributed by atoms with van der Waals surface area (Å²) >= 11 is 1.63. The van der Waals surface area contributed by atoms with Gasteiger partial charge < -0.3 is 15.4 Å². The highest BCUT2D eigenvalue weighted by Crippen LogP contribution is 2.29. The zero-order valence-electron chi connectivity index (χ0n) is 24.4. The molecular weight excluding hydrogens is 520 g/mol. The van der Waals surface area contributed by atoms with Crippen LogP contribution in [-0.2, 0) is 20.7 Å². The molecule has 0 heterocycles. The van der Waals surface area contributed by atoms with Gasteiger partial charge in [0.2, 0.25) is 0 Å². The molecule has 0 unspecified atom stereocenters. The first-order chi connectivity index (χ1) is 19.4. The summed E-state index contributed by atoms with van der Waals surface area (Å²) in [4.78, 5) is 38.1. The third kappa shape index (κ3) is 9.77. The van der Waals surface area contributed by atoms with E-state index in [2.05, 4.69) is 16.7 Å². The molecule has 1 amide bonds. The number of ketones is 1. The van der Waals surface area contributed by atoms with Gasteiger partial charge in [0.15, 0.2) is 0 Å². The molecule has 218 valence electrons. The minimum Gasteiger partial charge on any atom is -0.467 e. The Bertz CT molecular complexity index is 1110. The lowest BCUT2D eigenvalue weighted by molar-refractivity contribution is -0.142. The van der Waals surface area contributed by atoms with E-state index in [4.69, 9.17) is 4.74 Å². The Balaban J connectivity index is 1.59. The highest BCUT2D eigenvalue weighted by atomic mass is 32.2. The average molecular weight is 567 g/mol. The van der Waals surface area contributed by atoms with Crippen molar-refractivity contribution in [3.8, 4) is 11.1 Å². The fourth-order valence-corrected chi connectivity index (χ4v) is 5.91. The summed E-state index contributed by atoms with van der Waals surface area (Å²) in [7, 11) is 1.35. The number of benzene rings is 2. The van der Waals surface area contributed by atoms with E-state index >= 15 is 0 Å². The summed E-state index contributed by atoms with van der Waals surface area (Å²) < 4.78 is 4.93. The molecule has 1 atom stereocenters. The van der Waals surface area contributed by atoms with Crippen molar-refractivity contribution in [2.75, 3.05) is 32.2 Å². The molecule has 2 aromatic carbocycles. The highest BCUT2D eigenvalue weighted by Gasteiger charge is 2.24. The monoisotopic (exact) mass is 566 g/mol. The highest BCUT2D eigenvalue weighted by molar-refractivity contribution is 7.98. The number of unbranched alkanes of at least 4 members (excludes halogenated alkanes) is 1. The van der Waals surface area contributed by atoms with Gasteiger partial charge in [-0.25, -0.2) is 4.79 Å². The topological polar surface area (TPSA) is 84.5 Å². The van der Waals surface area contributed by atoms with Gasteiger partial charge in [-0.15, -0.1) is 0 Å². The van der Waals surface area contributed by atoms with Crippen LogP contribution in [0.25, 0.3) is 11.1 Å². The fraction of sp³-hybridized carbons (Fsp3) is 0.545. The predicted molar refractivity (Wildman–Crippen MR) is 165 cm³/mol. The van der Waals surface area contributed by atoms with Gasteiger partial charge in [0.25, 0.3) is 5.91 Å². The second kappa shape index (κ2) is 17.2. The lowest BCUT2D eigenvalue weighted by atomic mass is 9.85. The number of thioether (sulfide) groups is 1. The molecule has 0 saturated heterocycles. The van der Waals surface area contributed by atoms with Crippen LogP contribution in [0.3, 0.4) is 0 Å². The number of ether oxygens (including phenoxy) is 1. The molecule has 7 heteroatoms. The van der Waals surface area contributed by atoms with Crippen molar-refractivity contribution in [3.63, 3.8) is 0 Å². The third-order valence-electron chi connectivity index (χ3n) is 7.84. The number of carbonyl (C=O) groups excluding carboxylic acids is 3. The maximum Gasteiger partial charge on any atom is 0.328 e. The van der Waals surface area contributed by atoms with Crippen molar-refractivity contribution in [3.05, 3.63) is 59.2 Å². The quantitative estimate of drug-likeness (QED) is 0.188. The van der Waals surface area contributed by atoms with E-state index in [1.165, 1.54) is 26.4 Å². The van der Waals surface area contributed by atoms with Crippen LogP contribution in [0, 0.1) is 12.8 Å². The van der Waals surface area contributed by atoms with Crippen LogP contribution in [-0.4, -0.2) is 55.9 Å². The van der Waals surface area contributed by atoms with Gasteiger partial charge in [-0.1, -0.05) is 55.7 Å². The average Bonchev–Trinajstić information content (AvgIpc) is 2.98. The second-order valence-electron chi connectivity index (χ2n) is 10.8. The molecular formula is C33H46N2O4S. The third-order valence-corrected chi connectivity index (χ3v) is 8.49. The maximum atomic E-state index is 13.4. The summed E-state index contributed by atoms with van der Waals surface area (Å²) in [5.41, 5.74) is 4.64. The summed E-state index contributed by atoms with van der Waals surface area (Å²) in [5, 5.41) is 6.42. The standard InChI is InChI=1S/C33H46N2O4S/c1-24-11-7-8-14-27(24)29-23-25(16-17-28(29)32(37)35-30(19-22-40-3)33(38)39-2)18-21-34-20-10-9-15-31(36)26-12-5-4-6-13-26/h7-8,11,14,16-17,23,26,30,34H,4-6,9-10,12-13,15,18-22H2,1-3H3,(H,35,37)/t30-/m0/s1. The van der Waals surface area contributed by atoms with Gasteiger partial charge in [0.05, 0.1) is 7.11 Å². The van der Waals surface area contributed by atoms with Crippen LogP contribution in [0.5, 0.6) is 0 Å². The van der Waals surface area contributed by atoms with E-state index in [9.17, 15) is 14.4 Å². The van der Waals surface area contributed by atoms with E-state index < -0.39 is 12.0 Å². The molecule has 0 aliphatic heterocycles. The zero-order valence-corrected chi connectivity index (χ0v) is 25.2. The normalized spacial score (nSPS) is 14.5. The molecule has 2 aromatic rings. The molecule has 0 aromatic heterocycles. The van der Waals surface area contributed by atoms with Crippen LogP contribution >= 0.6 is 11.8 Å². The lowest BCUT2D eigenvalue weighted by Crippen LogP contribution is -2.42. The molecule has 0 bridgehead atoms. The molecule has 6 nitrogen and oxygen atoms in total. The number of carbonyl (C=O) groups is 3. The molecule has 3 rings (SSSR count). The summed E-state index contributed by atoms with van der Waals surface area (Å²) in [6.45, 7) is 3.77. The molecule has 1 aliphatic rings. The molecule has 0 spiro atoms. The summed E-state index contributed by atoms with van der Waals surface area (Å²) in [6.07, 6.45) is 11.9. The largest absolute Gasteiger partial charge is 0.467 e. The van der Waals surface area contributed by atoms with Crippen LogP contribution < -0.4 is 10.6 Å². The van der Waals surface area contributed by atoms with Crippen molar-refractivity contribution in [1.29, 1.82) is 0 Å². The number of esters is 1. The van der Waals surface area contributed by atoms with Crippen molar-refractivity contribution in [2.24, 2.45) is 5.92 Å². The van der Waals surface area contributed by atoms with Gasteiger partial charge in [-0.05, 0) is 98.9 Å². The number of rotatable bonds is 16. The Morgan fingerprint density at radius 2 is 1.77 bits per heavy atom. The van der Waals surface area contributed by atoms with Crippen LogP contribution in [0.4, 0.5) is 0 Å². The maximum absolute atomic E-state index is 13.4. The zero-order chi connectivity index (χ0) is 28.7. The SMILES string of the molecule is COC(=O)[C@H](CCSC)NC(=O)c1ccc(CCNCCCCC(=O)C2CCCCC2)cc1-c1ccccc1C. The molecule has 1 saturated carbocycles. The number of hydrogen-bond acceptors (Lipinski definition) is 6. The number of methoxy groups -OCH3 is 1. The van der Waals surface area contributed by atoms with Gasteiger partial charge >= 0.3 is 5.97 Å². The van der Waals surface area contributed by atoms with E-state index in [1.807, 2.05) is 49.6 Å². The van der Waals surface area contributed by atoms with Gasteiger partial charge in [0.1, 0.15) is 11.8 Å². The van der Waals surface area contributed by atoms with Crippen molar-refractivity contribution in [2.45, 2.75) is 77.2 Å². The van der Waals surface area contributed by atoms with Gasteiger partial charge in [-0.3, -0.25) is 9.59 Å². The van der Waals surface area contributed by atoms with Crippen molar-refractivity contribution >= 4 is 29.4 Å². The van der Waals surface area contributed by atoms with Crippen molar-refractivity contribution in [1.82, 2.24) is 10.6 Å². The first-order valence-electron chi connectivity index (χ1n) is 14.7. The minimum atomic E-state index is -0.684. The fourth-order valence-electron chi connectivity index (χ4n) is 5.44. The first-order valence-corrected chi connectivity index (χ1v) is 16.1. The number of hydrogen-bond donors (Lipinski definition) is 2. The van der Waals surface area contributed by atoms with Crippen LogP contribution in [0.15, 0.2) is 42.5 Å². The number of aryl methyl sites for hydroxylation is 1. The molecule has 2 N–H and O–H groups in total. The van der Waals surface area contributed by atoms with Crippen molar-refractivity contribution < 1.29 is 19.1 Å². The van der Waals surface area contributed by atoms with Gasteiger partial charge in [-0.2, -0.15) is 11.8 Å². The van der Waals surface area contributed by atoms with E-state index in [0.717, 1.165) is 73.2 Å². The molecule has 0 radical (unpaired) electrons. The lowest BCUT2D eigenvalue weighted by Gasteiger charge is -2.20. The van der Waals surface area contributed by atoms with E-state index in [1.54, 1.807) is 11.8 Å². The smallest absolute Gasteiger partial charge is 0.328 e. The predicted octanol–water partition coefficient (Wildman–Crippen LogP) is 6.14. The Morgan fingerprint density at radius 1 is 1.00 bits per heavy atom. The van der Waals surface area contributed by atoms with E-state index in [-0.39, 0.29) is 5.91 Å². The Kier molecular flexibility index (Phi) is 13.7. The Hall–Kier alpha value is -2.64. The summed E-state index contributed by atoms with van der Waals surface area (Å²) in [6, 6.07) is 13.3. The molecule has 1 fully saturated rings.